The molecule has 0 saturated carbocycles. The van der Waals surface area contributed by atoms with Gasteiger partial charge < -0.3 is 13.7 Å². The van der Waals surface area contributed by atoms with E-state index in [1.165, 1.54) is 24.6 Å². The number of aromatic nitrogens is 2. The van der Waals surface area contributed by atoms with Crippen molar-refractivity contribution in [3.63, 3.8) is 0 Å². The Morgan fingerprint density at radius 2 is 1.94 bits per heavy atom. The van der Waals surface area contributed by atoms with E-state index in [9.17, 15) is 22.8 Å². The van der Waals surface area contributed by atoms with E-state index in [1.54, 1.807) is 31.2 Å². The maximum atomic E-state index is 13.9. The average molecular weight is 430 g/mol. The van der Waals surface area contributed by atoms with Crippen molar-refractivity contribution in [2.75, 3.05) is 0 Å². The average Bonchev–Trinajstić information content (AvgIpc) is 3.03. The molecule has 2 heterocycles. The molecule has 9 heteroatoms. The number of rotatable bonds is 3. The molecule has 0 fully saturated rings. The smallest absolute Gasteiger partial charge is 0.450 e. The number of halogens is 3. The van der Waals surface area contributed by atoms with Gasteiger partial charge >= 0.3 is 12.1 Å². The van der Waals surface area contributed by atoms with Crippen molar-refractivity contribution in [1.82, 2.24) is 9.55 Å². The molecular formula is C22H17F3N2O4. The summed E-state index contributed by atoms with van der Waals surface area (Å²) in [7, 11) is 1.54. The number of fused-ring (bicyclic) bond motifs is 2. The molecule has 0 N–H and O–H groups in total. The van der Waals surface area contributed by atoms with Gasteiger partial charge in [0.05, 0.1) is 16.4 Å². The Hall–Kier alpha value is -3.62. The normalized spacial score (nSPS) is 11.9. The largest absolute Gasteiger partial charge is 0.450 e. The van der Waals surface area contributed by atoms with Crippen molar-refractivity contribution in [3.8, 4) is 17.1 Å². The van der Waals surface area contributed by atoms with E-state index in [2.05, 4.69) is 4.98 Å². The van der Waals surface area contributed by atoms with Gasteiger partial charge in [-0.1, -0.05) is 19.1 Å². The molecule has 0 radical (unpaired) electrons. The first-order valence-corrected chi connectivity index (χ1v) is 9.43. The van der Waals surface area contributed by atoms with Crippen LogP contribution in [0.15, 0.2) is 45.6 Å². The maximum absolute atomic E-state index is 13.9. The number of ether oxygens (including phenoxy) is 1. The number of para-hydroxylation sites is 2. The summed E-state index contributed by atoms with van der Waals surface area (Å²) >= 11 is 0. The maximum Gasteiger partial charge on any atom is 0.450 e. The second kappa shape index (κ2) is 7.26. The van der Waals surface area contributed by atoms with E-state index >= 15 is 0 Å². The molecule has 160 valence electrons. The predicted molar refractivity (Wildman–Crippen MR) is 108 cm³/mol. The Morgan fingerprint density at radius 3 is 2.55 bits per heavy atom. The van der Waals surface area contributed by atoms with Crippen LogP contribution in [-0.4, -0.2) is 15.5 Å². The van der Waals surface area contributed by atoms with Gasteiger partial charge in [0.1, 0.15) is 22.7 Å². The molecule has 0 atom stereocenters. The highest BCUT2D eigenvalue weighted by atomic mass is 19.4. The lowest BCUT2D eigenvalue weighted by Gasteiger charge is -2.14. The molecule has 0 aliphatic carbocycles. The van der Waals surface area contributed by atoms with Crippen molar-refractivity contribution in [2.45, 2.75) is 26.4 Å². The van der Waals surface area contributed by atoms with Crippen molar-refractivity contribution in [1.29, 1.82) is 0 Å². The van der Waals surface area contributed by atoms with Crippen molar-refractivity contribution in [2.24, 2.45) is 7.05 Å². The highest BCUT2D eigenvalue weighted by molar-refractivity contribution is 5.87. The van der Waals surface area contributed by atoms with Gasteiger partial charge in [0.25, 0.3) is 0 Å². The Kier molecular flexibility index (Phi) is 4.83. The Labute approximate surface area is 173 Å². The summed E-state index contributed by atoms with van der Waals surface area (Å²) in [6.07, 6.45) is -4.56. The van der Waals surface area contributed by atoms with Crippen molar-refractivity contribution < 1.29 is 27.1 Å². The molecule has 4 aromatic rings. The van der Waals surface area contributed by atoms with Crippen LogP contribution in [0.3, 0.4) is 0 Å². The summed E-state index contributed by atoms with van der Waals surface area (Å²) in [6.45, 7) is 2.95. The van der Waals surface area contributed by atoms with Crippen molar-refractivity contribution in [3.05, 3.63) is 57.9 Å². The molecule has 4 rings (SSSR count). The summed E-state index contributed by atoms with van der Waals surface area (Å²) in [5.74, 6) is -2.19. The molecule has 31 heavy (non-hydrogen) atoms. The molecule has 2 aromatic carbocycles. The number of carbonyl (C=O) groups is 1. The molecule has 0 aliphatic heterocycles. The van der Waals surface area contributed by atoms with Crippen LogP contribution in [-0.2, 0) is 24.4 Å². The van der Waals surface area contributed by atoms with Crippen LogP contribution in [0, 0.1) is 0 Å². The number of nitrogens with zero attached hydrogens (tertiary/aromatic N) is 2. The third-order valence-corrected chi connectivity index (χ3v) is 4.98. The van der Waals surface area contributed by atoms with Gasteiger partial charge in [0.2, 0.25) is 11.2 Å². The number of hydrogen-bond acceptors (Lipinski definition) is 5. The fourth-order valence-electron chi connectivity index (χ4n) is 3.56. The van der Waals surface area contributed by atoms with Gasteiger partial charge in [-0.2, -0.15) is 13.2 Å². The minimum atomic E-state index is -4.95. The van der Waals surface area contributed by atoms with Crippen molar-refractivity contribution >= 4 is 28.0 Å². The zero-order valence-electron chi connectivity index (χ0n) is 16.8. The van der Waals surface area contributed by atoms with Gasteiger partial charge in [0.15, 0.2) is 0 Å². The Balaban J connectivity index is 2.11. The molecule has 0 amide bonds. The number of imidazole rings is 1. The van der Waals surface area contributed by atoms with Crippen LogP contribution in [0.4, 0.5) is 13.2 Å². The van der Waals surface area contributed by atoms with E-state index in [4.69, 9.17) is 9.15 Å². The summed E-state index contributed by atoms with van der Waals surface area (Å²) in [4.78, 5) is 28.9. The fraction of sp³-hybridized carbons (Fsp3) is 0.227. The fourth-order valence-corrected chi connectivity index (χ4v) is 3.56. The minimum Gasteiger partial charge on any atom is -0.450 e. The van der Waals surface area contributed by atoms with E-state index in [1.807, 2.05) is 0 Å². The third kappa shape index (κ3) is 3.45. The number of hydrogen-bond donors (Lipinski definition) is 0. The molecule has 0 unspecified atom stereocenters. The number of esters is 1. The Bertz CT molecular complexity index is 1400. The first kappa shape index (κ1) is 20.6. The third-order valence-electron chi connectivity index (χ3n) is 4.98. The summed E-state index contributed by atoms with van der Waals surface area (Å²) in [5, 5.41) is -0.0530. The van der Waals surface area contributed by atoms with Crippen LogP contribution < -0.4 is 10.2 Å². The summed E-state index contributed by atoms with van der Waals surface area (Å²) in [6, 6.07) is 9.32. The summed E-state index contributed by atoms with van der Waals surface area (Å²) in [5.41, 5.74) is -0.340. The zero-order chi connectivity index (χ0) is 22.5. The lowest BCUT2D eigenvalue weighted by Crippen LogP contribution is -2.18. The standard InChI is InChI=1S/C22H17F3N2O4/c1-4-12-9-13-17(10-16(12)30-11(2)28)31-20(22(23,24)25)18(19(13)29)21-26-14-7-5-6-8-15(14)27(21)3/h5-10H,4H2,1-3H3. The second-order valence-corrected chi connectivity index (χ2v) is 7.02. The van der Waals surface area contributed by atoms with Crippen LogP contribution in [0.2, 0.25) is 0 Å². The monoisotopic (exact) mass is 430 g/mol. The zero-order valence-corrected chi connectivity index (χ0v) is 16.8. The quantitative estimate of drug-likeness (QED) is 0.343. The van der Waals surface area contributed by atoms with Gasteiger partial charge in [0, 0.05) is 20.0 Å². The lowest BCUT2D eigenvalue weighted by molar-refractivity contribution is -0.152. The van der Waals surface area contributed by atoms with Crippen LogP contribution in [0.5, 0.6) is 5.75 Å². The number of carbonyl (C=O) groups excluding carboxylic acids is 1. The highest BCUT2D eigenvalue weighted by Gasteiger charge is 2.41. The molecule has 6 nitrogen and oxygen atoms in total. The van der Waals surface area contributed by atoms with E-state index in [0.29, 0.717) is 23.0 Å². The summed E-state index contributed by atoms with van der Waals surface area (Å²) < 4.78 is 53.5. The molecule has 0 spiro atoms. The number of aryl methyl sites for hydroxylation is 2. The van der Waals surface area contributed by atoms with Crippen LogP contribution in [0.25, 0.3) is 33.4 Å². The molecule has 2 aromatic heterocycles. The topological polar surface area (TPSA) is 74.3 Å². The van der Waals surface area contributed by atoms with Gasteiger partial charge in [-0.3, -0.25) is 9.59 Å². The number of benzene rings is 2. The first-order valence-electron chi connectivity index (χ1n) is 9.43. The van der Waals surface area contributed by atoms with E-state index < -0.39 is 28.9 Å². The van der Waals surface area contributed by atoms with E-state index in [0.717, 1.165) is 6.07 Å². The Morgan fingerprint density at radius 1 is 1.23 bits per heavy atom. The van der Waals surface area contributed by atoms with Gasteiger partial charge in [-0.25, -0.2) is 4.98 Å². The highest BCUT2D eigenvalue weighted by Crippen LogP contribution is 2.38. The lowest BCUT2D eigenvalue weighted by atomic mass is 10.0. The minimum absolute atomic E-state index is 0.0502. The molecule has 0 aliphatic rings. The van der Waals surface area contributed by atoms with Crippen LogP contribution in [0.1, 0.15) is 25.2 Å². The van der Waals surface area contributed by atoms with Crippen LogP contribution >= 0.6 is 0 Å². The number of alkyl halides is 3. The molecule has 0 bridgehead atoms. The molecule has 0 saturated heterocycles. The first-order chi connectivity index (χ1) is 14.6. The van der Waals surface area contributed by atoms with Gasteiger partial charge in [-0.15, -0.1) is 0 Å². The predicted octanol–water partition coefficient (Wildman–Crippen LogP) is 4.85. The second-order valence-electron chi connectivity index (χ2n) is 7.02. The SMILES string of the molecule is CCc1cc2c(=O)c(-c3nc4ccccc4n3C)c(C(F)(F)F)oc2cc1OC(C)=O. The van der Waals surface area contributed by atoms with Gasteiger partial charge in [-0.05, 0) is 30.2 Å². The van der Waals surface area contributed by atoms with E-state index in [-0.39, 0.29) is 22.5 Å². The molecular weight excluding hydrogens is 413 g/mol.